The van der Waals surface area contributed by atoms with Crippen molar-refractivity contribution in [1.82, 2.24) is 19.6 Å². The lowest BCUT2D eigenvalue weighted by Gasteiger charge is -2.05. The van der Waals surface area contributed by atoms with E-state index in [1.54, 1.807) is 0 Å². The van der Waals surface area contributed by atoms with Crippen LogP contribution in [0.15, 0.2) is 12.4 Å². The molecule has 19 heavy (non-hydrogen) atoms. The number of hydrogen-bond acceptors (Lipinski definition) is 2. The second-order valence-electron chi connectivity index (χ2n) is 4.57. The Morgan fingerprint density at radius 2 is 2.00 bits per heavy atom. The van der Waals surface area contributed by atoms with Gasteiger partial charge in [0.05, 0.1) is 24.3 Å². The molecule has 0 bridgehead atoms. The predicted octanol–water partition coefficient (Wildman–Crippen LogP) is 3.01. The fraction of sp³-hybridized carbons (Fsp3) is 0.571. The number of halogens is 1. The zero-order valence-electron chi connectivity index (χ0n) is 11.9. The molecule has 2 aromatic heterocycles. The Labute approximate surface area is 119 Å². The average molecular weight is 281 g/mol. The Morgan fingerprint density at radius 3 is 2.53 bits per heavy atom. The van der Waals surface area contributed by atoms with Crippen LogP contribution in [0.1, 0.15) is 43.3 Å². The minimum atomic E-state index is 0.542. The molecular weight excluding hydrogens is 260 g/mol. The van der Waals surface area contributed by atoms with Crippen molar-refractivity contribution >= 4 is 11.6 Å². The van der Waals surface area contributed by atoms with Gasteiger partial charge in [-0.15, -0.1) is 11.6 Å². The first-order valence-corrected chi connectivity index (χ1v) is 7.41. The molecule has 0 unspecified atom stereocenters. The van der Waals surface area contributed by atoms with E-state index in [4.69, 9.17) is 16.7 Å². The Balaban J connectivity index is 2.31. The second-order valence-corrected chi connectivity index (χ2v) is 4.84. The fourth-order valence-corrected chi connectivity index (χ4v) is 2.70. The summed E-state index contributed by atoms with van der Waals surface area (Å²) in [5.41, 5.74) is 4.75. The molecule has 0 amide bonds. The number of alkyl halides is 1. The van der Waals surface area contributed by atoms with E-state index in [9.17, 15) is 0 Å². The number of aromatic nitrogens is 4. The standard InChI is InChI=1S/C14H21ClN4/c1-4-13-12(7-15)14(5-2)19(17-13)10-11-8-16-18(6-3)9-11/h8-9H,4-7,10H2,1-3H3. The van der Waals surface area contributed by atoms with Gasteiger partial charge < -0.3 is 0 Å². The third-order valence-electron chi connectivity index (χ3n) is 3.40. The van der Waals surface area contributed by atoms with Gasteiger partial charge in [-0.1, -0.05) is 13.8 Å². The van der Waals surface area contributed by atoms with Gasteiger partial charge >= 0.3 is 0 Å². The molecule has 0 N–H and O–H groups in total. The molecule has 0 saturated heterocycles. The topological polar surface area (TPSA) is 35.6 Å². The van der Waals surface area contributed by atoms with Crippen molar-refractivity contribution in [2.75, 3.05) is 0 Å². The summed E-state index contributed by atoms with van der Waals surface area (Å²) in [6, 6.07) is 0. The van der Waals surface area contributed by atoms with E-state index in [2.05, 4.69) is 36.7 Å². The summed E-state index contributed by atoms with van der Waals surface area (Å²) >= 11 is 6.07. The lowest BCUT2D eigenvalue weighted by molar-refractivity contribution is 0.634. The quantitative estimate of drug-likeness (QED) is 0.763. The van der Waals surface area contributed by atoms with Crippen molar-refractivity contribution in [3.8, 4) is 0 Å². The van der Waals surface area contributed by atoms with Crippen molar-refractivity contribution in [2.45, 2.75) is 52.6 Å². The van der Waals surface area contributed by atoms with Crippen molar-refractivity contribution in [2.24, 2.45) is 0 Å². The van der Waals surface area contributed by atoms with E-state index < -0.39 is 0 Å². The molecule has 0 atom stereocenters. The van der Waals surface area contributed by atoms with Gasteiger partial charge in [-0.05, 0) is 19.8 Å². The van der Waals surface area contributed by atoms with Gasteiger partial charge in [0.1, 0.15) is 0 Å². The number of rotatable bonds is 6. The maximum Gasteiger partial charge on any atom is 0.0693 e. The average Bonchev–Trinajstić information content (AvgIpc) is 3.02. The van der Waals surface area contributed by atoms with Gasteiger partial charge in [-0.2, -0.15) is 10.2 Å². The zero-order valence-corrected chi connectivity index (χ0v) is 12.6. The normalized spacial score (nSPS) is 11.2. The number of nitrogens with zero attached hydrogens (tertiary/aromatic N) is 4. The summed E-state index contributed by atoms with van der Waals surface area (Å²) in [7, 11) is 0. The molecule has 2 rings (SSSR count). The highest BCUT2D eigenvalue weighted by atomic mass is 35.5. The zero-order chi connectivity index (χ0) is 13.8. The van der Waals surface area contributed by atoms with Crippen LogP contribution in [-0.4, -0.2) is 19.6 Å². The van der Waals surface area contributed by atoms with Crippen LogP contribution in [0.4, 0.5) is 0 Å². The monoisotopic (exact) mass is 280 g/mol. The third-order valence-corrected chi connectivity index (χ3v) is 3.66. The van der Waals surface area contributed by atoms with E-state index >= 15 is 0 Å². The molecular formula is C14H21ClN4. The Bertz CT molecular complexity index is 542. The van der Waals surface area contributed by atoms with Gasteiger partial charge in [0.15, 0.2) is 0 Å². The van der Waals surface area contributed by atoms with Crippen molar-refractivity contribution in [3.05, 3.63) is 34.9 Å². The van der Waals surface area contributed by atoms with Crippen LogP contribution in [0.5, 0.6) is 0 Å². The molecule has 0 aromatic carbocycles. The second kappa shape index (κ2) is 6.24. The molecule has 0 radical (unpaired) electrons. The summed E-state index contributed by atoms with van der Waals surface area (Å²) in [5.74, 6) is 0.542. The minimum Gasteiger partial charge on any atom is -0.273 e. The Kier molecular flexibility index (Phi) is 4.64. The van der Waals surface area contributed by atoms with Crippen molar-refractivity contribution in [1.29, 1.82) is 0 Å². The Morgan fingerprint density at radius 1 is 1.21 bits per heavy atom. The maximum atomic E-state index is 6.07. The van der Waals surface area contributed by atoms with Crippen molar-refractivity contribution < 1.29 is 0 Å². The summed E-state index contributed by atoms with van der Waals surface area (Å²) < 4.78 is 4.02. The van der Waals surface area contributed by atoms with Gasteiger partial charge in [-0.25, -0.2) is 0 Å². The minimum absolute atomic E-state index is 0.542. The molecule has 0 aliphatic carbocycles. The van der Waals surface area contributed by atoms with Crippen LogP contribution in [0, 0.1) is 0 Å². The first-order chi connectivity index (χ1) is 9.23. The lowest BCUT2D eigenvalue weighted by Crippen LogP contribution is -2.06. The predicted molar refractivity (Wildman–Crippen MR) is 77.5 cm³/mol. The smallest absolute Gasteiger partial charge is 0.0693 e. The highest BCUT2D eigenvalue weighted by Crippen LogP contribution is 2.19. The number of aryl methyl sites for hydroxylation is 2. The van der Waals surface area contributed by atoms with Crippen LogP contribution in [0.2, 0.25) is 0 Å². The van der Waals surface area contributed by atoms with Gasteiger partial charge in [0, 0.05) is 29.6 Å². The lowest BCUT2D eigenvalue weighted by atomic mass is 10.1. The Hall–Kier alpha value is -1.29. The van der Waals surface area contributed by atoms with Crippen LogP contribution >= 0.6 is 11.6 Å². The van der Waals surface area contributed by atoms with Gasteiger partial charge in [0.25, 0.3) is 0 Å². The summed E-state index contributed by atoms with van der Waals surface area (Å²) in [4.78, 5) is 0. The highest BCUT2D eigenvalue weighted by molar-refractivity contribution is 6.17. The first kappa shape index (κ1) is 14.1. The maximum absolute atomic E-state index is 6.07. The van der Waals surface area contributed by atoms with Crippen LogP contribution in [-0.2, 0) is 31.8 Å². The van der Waals surface area contributed by atoms with Crippen molar-refractivity contribution in [3.63, 3.8) is 0 Å². The first-order valence-electron chi connectivity index (χ1n) is 6.88. The third kappa shape index (κ3) is 2.84. The van der Waals surface area contributed by atoms with Gasteiger partial charge in [-0.3, -0.25) is 9.36 Å². The van der Waals surface area contributed by atoms with Crippen LogP contribution in [0.25, 0.3) is 0 Å². The van der Waals surface area contributed by atoms with E-state index in [-0.39, 0.29) is 0 Å². The van der Waals surface area contributed by atoms with Gasteiger partial charge in [0.2, 0.25) is 0 Å². The molecule has 0 fully saturated rings. The SMILES string of the molecule is CCc1nn(Cc2cnn(CC)c2)c(CC)c1CCl. The molecule has 0 spiro atoms. The van der Waals surface area contributed by atoms with E-state index in [1.807, 2.05) is 10.9 Å². The molecule has 104 valence electrons. The molecule has 0 saturated carbocycles. The molecule has 5 heteroatoms. The van der Waals surface area contributed by atoms with Crippen LogP contribution in [0.3, 0.4) is 0 Å². The van der Waals surface area contributed by atoms with Crippen LogP contribution < -0.4 is 0 Å². The largest absolute Gasteiger partial charge is 0.273 e. The molecule has 0 aliphatic heterocycles. The van der Waals surface area contributed by atoms with E-state index in [0.717, 1.165) is 31.6 Å². The summed E-state index contributed by atoms with van der Waals surface area (Å²) in [5, 5.41) is 9.00. The van der Waals surface area contributed by atoms with E-state index in [1.165, 1.54) is 16.8 Å². The fourth-order valence-electron chi connectivity index (χ4n) is 2.39. The summed E-state index contributed by atoms with van der Waals surface area (Å²) in [6.45, 7) is 8.03. The number of hydrogen-bond donors (Lipinski definition) is 0. The van der Waals surface area contributed by atoms with E-state index in [0.29, 0.717) is 5.88 Å². The molecule has 2 aromatic rings. The molecule has 4 nitrogen and oxygen atoms in total. The summed E-state index contributed by atoms with van der Waals surface area (Å²) in [6.07, 6.45) is 5.87. The highest BCUT2D eigenvalue weighted by Gasteiger charge is 2.15. The molecule has 0 aliphatic rings. The molecule has 2 heterocycles.